The second-order valence-electron chi connectivity index (χ2n) is 9.49. The number of ketones is 1. The van der Waals surface area contributed by atoms with Crippen molar-refractivity contribution in [2.75, 3.05) is 7.11 Å². The Bertz CT molecular complexity index is 1460. The molecule has 0 fully saturated rings. The summed E-state index contributed by atoms with van der Waals surface area (Å²) in [7, 11) is 1.64. The lowest BCUT2D eigenvalue weighted by atomic mass is 9.70. The van der Waals surface area contributed by atoms with Gasteiger partial charge in [0.05, 0.1) is 12.7 Å². The number of Topliss-reactive ketones (excluding diaryl/α,β-unsaturated/α-hetero) is 1. The van der Waals surface area contributed by atoms with Crippen LogP contribution in [0.25, 0.3) is 17.0 Å². The minimum atomic E-state index is -0.362. The number of rotatable bonds is 3. The van der Waals surface area contributed by atoms with Crippen LogP contribution in [0.5, 0.6) is 11.6 Å². The summed E-state index contributed by atoms with van der Waals surface area (Å²) in [5.74, 6) is 2.20. The molecule has 4 aromatic rings. The number of benzene rings is 1. The van der Waals surface area contributed by atoms with E-state index in [4.69, 9.17) is 14.5 Å². The van der Waals surface area contributed by atoms with Crippen LogP contribution in [0.15, 0.2) is 66.5 Å². The fraction of sp³-hybridized carbons (Fsp3) is 0.269. The van der Waals surface area contributed by atoms with Gasteiger partial charge in [-0.1, -0.05) is 26.0 Å². The van der Waals surface area contributed by atoms with Crippen LogP contribution in [-0.2, 0) is 4.79 Å². The molecule has 0 spiro atoms. The van der Waals surface area contributed by atoms with Gasteiger partial charge in [-0.05, 0) is 35.2 Å². The molecule has 4 heterocycles. The average molecular weight is 454 g/mol. The zero-order valence-electron chi connectivity index (χ0n) is 19.1. The molecule has 6 rings (SSSR count). The van der Waals surface area contributed by atoms with Crippen molar-refractivity contribution in [3.05, 3.63) is 77.6 Å². The maximum Gasteiger partial charge on any atom is 0.228 e. The van der Waals surface area contributed by atoms with Gasteiger partial charge in [0.15, 0.2) is 17.3 Å². The number of carbonyl (C=O) groups excluding carboxylic acids is 1. The second-order valence-corrected chi connectivity index (χ2v) is 9.49. The molecule has 8 nitrogen and oxygen atoms in total. The van der Waals surface area contributed by atoms with E-state index in [1.165, 1.54) is 0 Å². The quantitative estimate of drug-likeness (QED) is 0.455. The topological polar surface area (TPSA) is 91.5 Å². The third kappa shape index (κ3) is 3.25. The Hall–Kier alpha value is -4.07. The highest BCUT2D eigenvalue weighted by Crippen LogP contribution is 2.50. The fourth-order valence-electron chi connectivity index (χ4n) is 4.90. The van der Waals surface area contributed by atoms with Gasteiger partial charge in [0, 0.05) is 42.3 Å². The Morgan fingerprint density at radius 3 is 2.59 bits per heavy atom. The molecule has 0 N–H and O–H groups in total. The van der Waals surface area contributed by atoms with Crippen LogP contribution in [0.3, 0.4) is 0 Å². The number of ether oxygens (including phenoxy) is 2. The average Bonchev–Trinajstić information content (AvgIpc) is 3.27. The van der Waals surface area contributed by atoms with E-state index in [2.05, 4.69) is 28.9 Å². The first kappa shape index (κ1) is 20.5. The number of pyridine rings is 1. The van der Waals surface area contributed by atoms with Gasteiger partial charge < -0.3 is 9.47 Å². The van der Waals surface area contributed by atoms with Crippen molar-refractivity contribution in [3.63, 3.8) is 0 Å². The summed E-state index contributed by atoms with van der Waals surface area (Å²) in [6.07, 6.45) is 6.15. The highest BCUT2D eigenvalue weighted by Gasteiger charge is 2.44. The van der Waals surface area contributed by atoms with Gasteiger partial charge in [-0.25, -0.2) is 14.5 Å². The van der Waals surface area contributed by atoms with Crippen LogP contribution in [0.1, 0.15) is 43.7 Å². The first-order valence-electron chi connectivity index (χ1n) is 11.2. The molecule has 1 aliphatic carbocycles. The number of hydrogen-bond donors (Lipinski definition) is 0. The third-order valence-corrected chi connectivity index (χ3v) is 6.45. The molecular weight excluding hydrogens is 430 g/mol. The predicted molar refractivity (Wildman–Crippen MR) is 125 cm³/mol. The van der Waals surface area contributed by atoms with Gasteiger partial charge in [-0.15, -0.1) is 5.10 Å². The maximum atomic E-state index is 13.5. The number of aromatic nitrogens is 5. The van der Waals surface area contributed by atoms with E-state index in [-0.39, 0.29) is 17.1 Å². The molecule has 1 aliphatic heterocycles. The molecule has 34 heavy (non-hydrogen) atoms. The van der Waals surface area contributed by atoms with Crippen LogP contribution in [0.4, 0.5) is 0 Å². The molecule has 1 atom stereocenters. The number of hydrogen-bond acceptors (Lipinski definition) is 7. The van der Waals surface area contributed by atoms with Crippen molar-refractivity contribution < 1.29 is 14.3 Å². The molecule has 2 aliphatic rings. The molecule has 8 heteroatoms. The van der Waals surface area contributed by atoms with Crippen LogP contribution in [-0.4, -0.2) is 37.5 Å². The Balaban J connectivity index is 1.59. The van der Waals surface area contributed by atoms with E-state index < -0.39 is 0 Å². The van der Waals surface area contributed by atoms with E-state index in [9.17, 15) is 4.79 Å². The molecule has 0 bridgehead atoms. The van der Waals surface area contributed by atoms with E-state index in [1.807, 2.05) is 36.4 Å². The zero-order valence-corrected chi connectivity index (χ0v) is 19.1. The van der Waals surface area contributed by atoms with Crippen LogP contribution in [0, 0.1) is 5.41 Å². The largest absolute Gasteiger partial charge is 0.497 e. The molecule has 170 valence electrons. The van der Waals surface area contributed by atoms with Gasteiger partial charge in [0.1, 0.15) is 17.8 Å². The van der Waals surface area contributed by atoms with Crippen molar-refractivity contribution >= 4 is 11.4 Å². The summed E-state index contributed by atoms with van der Waals surface area (Å²) in [5, 5.41) is 4.63. The zero-order chi connectivity index (χ0) is 23.4. The Morgan fingerprint density at radius 2 is 1.85 bits per heavy atom. The first-order chi connectivity index (χ1) is 16.4. The van der Waals surface area contributed by atoms with Gasteiger partial charge in [0.25, 0.3) is 0 Å². The molecule has 0 radical (unpaired) electrons. The SMILES string of the molecule is COc1ccc([C@@H]2C3=C(CC(C)(C)CC3=O)Oc3ncn4nc(-c5ccncc5)nc4c32)cc1. The predicted octanol–water partition coefficient (Wildman–Crippen LogP) is 4.36. The molecule has 0 amide bonds. The van der Waals surface area contributed by atoms with Gasteiger partial charge in [-0.3, -0.25) is 9.78 Å². The van der Waals surface area contributed by atoms with Gasteiger partial charge in [0.2, 0.25) is 5.88 Å². The van der Waals surface area contributed by atoms with Crippen molar-refractivity contribution in [1.29, 1.82) is 0 Å². The van der Waals surface area contributed by atoms with E-state index in [1.54, 1.807) is 30.3 Å². The molecular formula is C26H23N5O3. The summed E-state index contributed by atoms with van der Waals surface area (Å²) in [5.41, 5.74) is 3.66. The van der Waals surface area contributed by atoms with E-state index in [0.717, 1.165) is 22.4 Å². The minimum absolute atomic E-state index is 0.0913. The molecule has 0 saturated carbocycles. The van der Waals surface area contributed by atoms with Gasteiger partial charge in [-0.2, -0.15) is 0 Å². The smallest absolute Gasteiger partial charge is 0.228 e. The molecule has 3 aromatic heterocycles. The number of fused-ring (bicyclic) bond motifs is 3. The first-order valence-corrected chi connectivity index (χ1v) is 11.2. The van der Waals surface area contributed by atoms with Crippen molar-refractivity contribution in [3.8, 4) is 23.0 Å². The monoisotopic (exact) mass is 453 g/mol. The summed E-state index contributed by atoms with van der Waals surface area (Å²) >= 11 is 0. The lowest BCUT2D eigenvalue weighted by Gasteiger charge is -2.37. The minimum Gasteiger partial charge on any atom is -0.497 e. The number of carbonyl (C=O) groups is 1. The summed E-state index contributed by atoms with van der Waals surface area (Å²) in [6, 6.07) is 11.5. The summed E-state index contributed by atoms with van der Waals surface area (Å²) in [6.45, 7) is 4.18. The normalized spacial score (nSPS) is 18.9. The molecule has 0 saturated heterocycles. The third-order valence-electron chi connectivity index (χ3n) is 6.45. The van der Waals surface area contributed by atoms with E-state index in [0.29, 0.717) is 41.5 Å². The second kappa shape index (κ2) is 7.48. The highest BCUT2D eigenvalue weighted by atomic mass is 16.5. The fourth-order valence-corrected chi connectivity index (χ4v) is 4.90. The number of methoxy groups -OCH3 is 1. The van der Waals surface area contributed by atoms with Crippen LogP contribution < -0.4 is 9.47 Å². The van der Waals surface area contributed by atoms with Crippen LogP contribution in [0.2, 0.25) is 0 Å². The Morgan fingerprint density at radius 1 is 1.09 bits per heavy atom. The Labute approximate surface area is 196 Å². The van der Waals surface area contributed by atoms with Crippen molar-refractivity contribution in [2.45, 2.75) is 32.6 Å². The number of nitrogens with zero attached hydrogens (tertiary/aromatic N) is 5. The Kier molecular flexibility index (Phi) is 4.52. The summed E-state index contributed by atoms with van der Waals surface area (Å²) < 4.78 is 13.3. The summed E-state index contributed by atoms with van der Waals surface area (Å²) in [4.78, 5) is 27.0. The maximum absolute atomic E-state index is 13.5. The number of allylic oxidation sites excluding steroid dienone is 2. The van der Waals surface area contributed by atoms with E-state index >= 15 is 0 Å². The van der Waals surface area contributed by atoms with Crippen LogP contribution >= 0.6 is 0 Å². The van der Waals surface area contributed by atoms with Crippen molar-refractivity contribution in [2.24, 2.45) is 5.41 Å². The molecule has 0 unspecified atom stereocenters. The van der Waals surface area contributed by atoms with Crippen molar-refractivity contribution in [1.82, 2.24) is 24.6 Å². The van der Waals surface area contributed by atoms with Gasteiger partial charge >= 0.3 is 0 Å². The lowest BCUT2D eigenvalue weighted by Crippen LogP contribution is -2.33. The lowest BCUT2D eigenvalue weighted by molar-refractivity contribution is -0.118. The highest BCUT2D eigenvalue weighted by molar-refractivity contribution is 6.00. The molecule has 1 aromatic carbocycles. The standard InChI is InChI=1S/C26H23N5O3/c1-26(2)12-18(32)21-19(13-26)34-25-22(20(21)15-4-6-17(33-3)7-5-15)24-29-23(30-31(24)14-28-25)16-8-10-27-11-9-16/h4-11,14,20H,12-13H2,1-3H3/t20-/m1/s1.